The minimum absolute atomic E-state index is 0.680. The van der Waals surface area contributed by atoms with Crippen molar-refractivity contribution in [3.8, 4) is 0 Å². The van der Waals surface area contributed by atoms with Crippen LogP contribution in [0.2, 0.25) is 0 Å². The molecular weight excluding hydrogens is 276 g/mol. The van der Waals surface area contributed by atoms with Gasteiger partial charge in [-0.2, -0.15) is 0 Å². The fourth-order valence-electron chi connectivity index (χ4n) is 2.54. The number of nitrogens with zero attached hydrogens (tertiary/aromatic N) is 2. The normalized spacial score (nSPS) is 17.8. The monoisotopic (exact) mass is 296 g/mol. The molecule has 0 atom stereocenters. The van der Waals surface area contributed by atoms with Crippen molar-refractivity contribution in [3.05, 3.63) is 23.9 Å². The molecule has 0 spiro atoms. The fourth-order valence-corrected chi connectivity index (χ4v) is 2.87. The summed E-state index contributed by atoms with van der Waals surface area (Å²) in [6, 6.07) is 4.98. The second kappa shape index (κ2) is 6.39. The highest BCUT2D eigenvalue weighted by atomic mass is 79.9. The van der Waals surface area contributed by atoms with Crippen LogP contribution in [-0.2, 0) is 5.33 Å². The third kappa shape index (κ3) is 3.44. The lowest BCUT2D eigenvalue weighted by molar-refractivity contribution is 0.549. The Balaban J connectivity index is 2.03. The van der Waals surface area contributed by atoms with Crippen molar-refractivity contribution in [1.82, 2.24) is 4.98 Å². The third-order valence-corrected chi connectivity index (χ3v) is 4.34. The Labute approximate surface area is 113 Å². The molecule has 0 aliphatic heterocycles. The number of halogens is 1. The van der Waals surface area contributed by atoms with Crippen LogP contribution in [-0.4, -0.2) is 18.1 Å². The molecule has 1 aromatic rings. The lowest BCUT2D eigenvalue weighted by Crippen LogP contribution is -2.31. The van der Waals surface area contributed by atoms with Crippen molar-refractivity contribution < 1.29 is 0 Å². The maximum atomic E-state index is 4.55. The van der Waals surface area contributed by atoms with E-state index in [1.807, 2.05) is 6.20 Å². The van der Waals surface area contributed by atoms with Gasteiger partial charge in [-0.15, -0.1) is 0 Å². The Hall–Kier alpha value is -0.570. The summed E-state index contributed by atoms with van der Waals surface area (Å²) in [5.74, 6) is 1.11. The van der Waals surface area contributed by atoms with Gasteiger partial charge in [-0.3, -0.25) is 0 Å². The van der Waals surface area contributed by atoms with E-state index in [2.05, 4.69) is 45.0 Å². The first-order valence-electron chi connectivity index (χ1n) is 6.55. The van der Waals surface area contributed by atoms with Crippen LogP contribution in [0.3, 0.4) is 0 Å². The SMILES string of the molecule is CN(c1ccc(CBr)cn1)C1CCCCCC1. The molecule has 17 heavy (non-hydrogen) atoms. The topological polar surface area (TPSA) is 16.1 Å². The van der Waals surface area contributed by atoms with E-state index in [9.17, 15) is 0 Å². The standard InChI is InChI=1S/C14H21BrN2/c1-17(13-6-4-2-3-5-7-13)14-9-8-12(10-15)11-16-14/h8-9,11,13H,2-7,10H2,1H3. The zero-order valence-corrected chi connectivity index (χ0v) is 12.1. The van der Waals surface area contributed by atoms with E-state index in [0.29, 0.717) is 6.04 Å². The molecule has 1 saturated carbocycles. The van der Waals surface area contributed by atoms with Gasteiger partial charge in [0.25, 0.3) is 0 Å². The van der Waals surface area contributed by atoms with Crippen LogP contribution in [0.4, 0.5) is 5.82 Å². The third-order valence-electron chi connectivity index (χ3n) is 3.70. The van der Waals surface area contributed by atoms with Crippen molar-refractivity contribution >= 4 is 21.7 Å². The molecule has 1 aromatic heterocycles. The van der Waals surface area contributed by atoms with Crippen molar-refractivity contribution in [2.45, 2.75) is 49.9 Å². The van der Waals surface area contributed by atoms with E-state index in [-0.39, 0.29) is 0 Å². The predicted octanol–water partition coefficient (Wildman–Crippen LogP) is 4.14. The second-order valence-corrected chi connectivity index (χ2v) is 5.48. The Morgan fingerprint density at radius 1 is 1.24 bits per heavy atom. The van der Waals surface area contributed by atoms with Gasteiger partial charge in [-0.1, -0.05) is 47.7 Å². The highest BCUT2D eigenvalue weighted by Gasteiger charge is 2.17. The average Bonchev–Trinajstić information content (AvgIpc) is 2.67. The lowest BCUT2D eigenvalue weighted by atomic mass is 10.1. The molecule has 0 saturated heterocycles. The van der Waals surface area contributed by atoms with Crippen molar-refractivity contribution in [3.63, 3.8) is 0 Å². The van der Waals surface area contributed by atoms with Gasteiger partial charge in [-0.25, -0.2) is 4.98 Å². The molecule has 1 fully saturated rings. The van der Waals surface area contributed by atoms with Gasteiger partial charge >= 0.3 is 0 Å². The Kier molecular flexibility index (Phi) is 4.84. The first kappa shape index (κ1) is 12.9. The number of hydrogen-bond donors (Lipinski definition) is 0. The quantitative estimate of drug-likeness (QED) is 0.616. The van der Waals surface area contributed by atoms with E-state index >= 15 is 0 Å². The summed E-state index contributed by atoms with van der Waals surface area (Å²) < 4.78 is 0. The smallest absolute Gasteiger partial charge is 0.128 e. The minimum Gasteiger partial charge on any atom is -0.357 e. The highest BCUT2D eigenvalue weighted by Crippen LogP contribution is 2.24. The molecule has 2 nitrogen and oxygen atoms in total. The van der Waals surface area contributed by atoms with E-state index in [0.717, 1.165) is 11.1 Å². The molecule has 0 aromatic carbocycles. The van der Waals surface area contributed by atoms with Crippen LogP contribution in [0.5, 0.6) is 0 Å². The summed E-state index contributed by atoms with van der Waals surface area (Å²) in [5, 5.41) is 0.882. The molecule has 0 unspecified atom stereocenters. The molecule has 2 rings (SSSR count). The van der Waals surface area contributed by atoms with E-state index < -0.39 is 0 Å². The molecule has 0 N–H and O–H groups in total. The van der Waals surface area contributed by atoms with Crippen LogP contribution < -0.4 is 4.90 Å². The Morgan fingerprint density at radius 2 is 1.94 bits per heavy atom. The minimum atomic E-state index is 0.680. The number of rotatable bonds is 3. The average molecular weight is 297 g/mol. The summed E-state index contributed by atoms with van der Waals surface area (Å²) in [5.41, 5.74) is 1.24. The largest absolute Gasteiger partial charge is 0.357 e. The lowest BCUT2D eigenvalue weighted by Gasteiger charge is -2.28. The number of aromatic nitrogens is 1. The molecule has 1 aliphatic rings. The summed E-state index contributed by atoms with van der Waals surface area (Å²) in [4.78, 5) is 6.92. The summed E-state index contributed by atoms with van der Waals surface area (Å²) in [7, 11) is 2.19. The van der Waals surface area contributed by atoms with Crippen molar-refractivity contribution in [2.75, 3.05) is 11.9 Å². The zero-order chi connectivity index (χ0) is 12.1. The van der Waals surface area contributed by atoms with Gasteiger partial charge in [0.1, 0.15) is 5.82 Å². The first-order chi connectivity index (χ1) is 8.31. The van der Waals surface area contributed by atoms with Gasteiger partial charge < -0.3 is 4.90 Å². The highest BCUT2D eigenvalue weighted by molar-refractivity contribution is 9.08. The molecular formula is C14H21BrN2. The molecule has 0 amide bonds. The van der Waals surface area contributed by atoms with Crippen LogP contribution in [0, 0.1) is 0 Å². The van der Waals surface area contributed by atoms with Crippen LogP contribution in [0.1, 0.15) is 44.1 Å². The van der Waals surface area contributed by atoms with E-state index in [1.54, 1.807) is 0 Å². The van der Waals surface area contributed by atoms with Gasteiger partial charge in [0.2, 0.25) is 0 Å². The maximum Gasteiger partial charge on any atom is 0.128 e. The van der Waals surface area contributed by atoms with Crippen LogP contribution in [0.25, 0.3) is 0 Å². The molecule has 3 heteroatoms. The number of anilines is 1. The van der Waals surface area contributed by atoms with Gasteiger partial charge in [0.05, 0.1) is 0 Å². The van der Waals surface area contributed by atoms with E-state index in [1.165, 1.54) is 44.1 Å². The van der Waals surface area contributed by atoms with Gasteiger partial charge in [-0.05, 0) is 24.5 Å². The maximum absolute atomic E-state index is 4.55. The Bertz CT molecular complexity index is 329. The molecule has 1 heterocycles. The van der Waals surface area contributed by atoms with Gasteiger partial charge in [0.15, 0.2) is 0 Å². The fraction of sp³-hybridized carbons (Fsp3) is 0.643. The number of alkyl halides is 1. The summed E-state index contributed by atoms with van der Waals surface area (Å²) >= 11 is 3.45. The number of hydrogen-bond acceptors (Lipinski definition) is 2. The number of pyridine rings is 1. The van der Waals surface area contributed by atoms with E-state index in [4.69, 9.17) is 0 Å². The van der Waals surface area contributed by atoms with Crippen LogP contribution >= 0.6 is 15.9 Å². The second-order valence-electron chi connectivity index (χ2n) is 4.91. The molecule has 94 valence electrons. The molecule has 0 radical (unpaired) electrons. The zero-order valence-electron chi connectivity index (χ0n) is 10.5. The van der Waals surface area contributed by atoms with Crippen molar-refractivity contribution in [2.24, 2.45) is 0 Å². The Morgan fingerprint density at radius 3 is 2.47 bits per heavy atom. The van der Waals surface area contributed by atoms with Gasteiger partial charge in [0, 0.05) is 24.6 Å². The first-order valence-corrected chi connectivity index (χ1v) is 7.67. The molecule has 0 bridgehead atoms. The summed E-state index contributed by atoms with van der Waals surface area (Å²) in [6.45, 7) is 0. The van der Waals surface area contributed by atoms with Crippen LogP contribution in [0.15, 0.2) is 18.3 Å². The predicted molar refractivity (Wildman–Crippen MR) is 76.8 cm³/mol. The molecule has 1 aliphatic carbocycles. The van der Waals surface area contributed by atoms with Crippen molar-refractivity contribution in [1.29, 1.82) is 0 Å². The summed E-state index contributed by atoms with van der Waals surface area (Å²) in [6.07, 6.45) is 10.2.